The second-order valence-electron chi connectivity index (χ2n) is 3.72. The van der Waals surface area contributed by atoms with Crippen LogP contribution in [0.1, 0.15) is 17.4 Å². The number of benzene rings is 1. The van der Waals surface area contributed by atoms with Gasteiger partial charge < -0.3 is 5.11 Å². The molecular weight excluding hydrogens is 292 g/mol. The van der Waals surface area contributed by atoms with E-state index in [2.05, 4.69) is 10.2 Å². The predicted molar refractivity (Wildman–Crippen MR) is 69.2 cm³/mol. The molecule has 1 N–H and O–H groups in total. The average molecular weight is 301 g/mol. The third-order valence-corrected chi connectivity index (χ3v) is 4.69. The summed E-state index contributed by atoms with van der Waals surface area (Å²) in [6.07, 6.45) is 0. The van der Waals surface area contributed by atoms with Gasteiger partial charge in [0.1, 0.15) is 10.4 Å². The highest BCUT2D eigenvalue weighted by molar-refractivity contribution is 7.91. The first-order valence-corrected chi connectivity index (χ1v) is 7.32. The molecule has 0 aliphatic carbocycles. The second-order valence-corrected chi connectivity index (χ2v) is 6.34. The molecule has 0 fully saturated rings. The molecule has 0 spiro atoms. The predicted octanol–water partition coefficient (Wildman–Crippen LogP) is 1.77. The zero-order valence-corrected chi connectivity index (χ0v) is 11.4. The number of aromatic nitrogens is 2. The number of nitrogens with zero attached hydrogens (tertiary/aromatic N) is 2. The van der Waals surface area contributed by atoms with E-state index in [0.29, 0.717) is 0 Å². The van der Waals surface area contributed by atoms with Crippen molar-refractivity contribution in [1.82, 2.24) is 10.2 Å². The molecule has 0 amide bonds. The minimum atomic E-state index is -3.76. The Bertz CT molecular complexity index is 774. The van der Waals surface area contributed by atoms with Crippen molar-refractivity contribution in [2.75, 3.05) is 5.75 Å². The van der Waals surface area contributed by atoms with Crippen molar-refractivity contribution in [3.63, 3.8) is 0 Å². The van der Waals surface area contributed by atoms with Crippen LogP contribution in [0.3, 0.4) is 0 Å². The van der Waals surface area contributed by atoms with Crippen LogP contribution in [-0.2, 0) is 9.84 Å². The summed E-state index contributed by atoms with van der Waals surface area (Å²) in [6, 6.07) is 4.53. The van der Waals surface area contributed by atoms with Crippen molar-refractivity contribution in [1.29, 1.82) is 0 Å². The van der Waals surface area contributed by atoms with Gasteiger partial charge in [-0.05, 0) is 6.07 Å². The number of halogens is 1. The van der Waals surface area contributed by atoms with Crippen LogP contribution in [0.15, 0.2) is 23.1 Å². The third-order valence-electron chi connectivity index (χ3n) is 2.59. The first-order chi connectivity index (χ1) is 8.88. The van der Waals surface area contributed by atoms with E-state index in [1.165, 1.54) is 25.1 Å². The molecule has 1 heterocycles. The third kappa shape index (κ3) is 2.26. The number of aromatic carboxylic acids is 1. The van der Waals surface area contributed by atoms with E-state index in [9.17, 15) is 13.2 Å². The molecule has 1 aromatic carbocycles. The smallest absolute Gasteiger partial charge is 0.357 e. The number of hydrogen-bond donors (Lipinski definition) is 1. The maximum atomic E-state index is 12.1. The molecule has 0 atom stereocenters. The zero-order valence-electron chi connectivity index (χ0n) is 9.79. The fraction of sp³-hybridized carbons (Fsp3) is 0.182. The van der Waals surface area contributed by atoms with Crippen molar-refractivity contribution in [3.05, 3.63) is 28.9 Å². The van der Waals surface area contributed by atoms with Crippen LogP contribution < -0.4 is 0 Å². The fourth-order valence-electron chi connectivity index (χ4n) is 1.67. The Morgan fingerprint density at radius 3 is 2.63 bits per heavy atom. The lowest BCUT2D eigenvalue weighted by atomic mass is 10.2. The molecule has 0 aliphatic rings. The van der Waals surface area contributed by atoms with Gasteiger partial charge in [-0.15, -0.1) is 10.2 Å². The summed E-state index contributed by atoms with van der Waals surface area (Å²) in [6.45, 7) is 1.43. The molecule has 6 nitrogen and oxygen atoms in total. The van der Waals surface area contributed by atoms with Crippen LogP contribution in [0.25, 0.3) is 10.9 Å². The Hall–Kier alpha value is -1.73. The molecule has 0 saturated carbocycles. The Morgan fingerprint density at radius 2 is 2.05 bits per heavy atom. The highest BCUT2D eigenvalue weighted by Crippen LogP contribution is 2.29. The highest BCUT2D eigenvalue weighted by atomic mass is 35.5. The van der Waals surface area contributed by atoms with E-state index in [1.54, 1.807) is 0 Å². The highest BCUT2D eigenvalue weighted by Gasteiger charge is 2.26. The number of sulfone groups is 1. The summed E-state index contributed by atoms with van der Waals surface area (Å²) in [5.41, 5.74) is -0.419. The molecule has 19 heavy (non-hydrogen) atoms. The van der Waals surface area contributed by atoms with Gasteiger partial charge in [0.05, 0.1) is 10.8 Å². The molecule has 8 heteroatoms. The largest absolute Gasteiger partial charge is 0.476 e. The van der Waals surface area contributed by atoms with Crippen molar-refractivity contribution in [2.24, 2.45) is 0 Å². The number of carbonyl (C=O) groups is 1. The number of rotatable bonds is 3. The maximum absolute atomic E-state index is 12.1. The lowest BCUT2D eigenvalue weighted by Gasteiger charge is -2.08. The number of carboxylic acid groups (broad SMARTS) is 1. The van der Waals surface area contributed by atoms with Crippen molar-refractivity contribution < 1.29 is 18.3 Å². The van der Waals surface area contributed by atoms with Gasteiger partial charge in [0.2, 0.25) is 0 Å². The molecule has 0 bridgehead atoms. The Morgan fingerprint density at radius 1 is 1.37 bits per heavy atom. The molecule has 0 radical (unpaired) electrons. The maximum Gasteiger partial charge on any atom is 0.357 e. The van der Waals surface area contributed by atoms with Crippen molar-refractivity contribution in [2.45, 2.75) is 11.8 Å². The quantitative estimate of drug-likeness (QED) is 0.928. The van der Waals surface area contributed by atoms with E-state index in [1.807, 2.05) is 0 Å². The van der Waals surface area contributed by atoms with Crippen LogP contribution >= 0.6 is 11.6 Å². The van der Waals surface area contributed by atoms with E-state index in [4.69, 9.17) is 16.7 Å². The minimum Gasteiger partial charge on any atom is -0.476 e. The van der Waals surface area contributed by atoms with Crippen molar-refractivity contribution in [3.8, 4) is 0 Å². The molecule has 0 saturated heterocycles. The normalized spacial score (nSPS) is 11.7. The van der Waals surface area contributed by atoms with Gasteiger partial charge in [0.15, 0.2) is 15.5 Å². The fourth-order valence-corrected chi connectivity index (χ4v) is 3.10. The molecule has 2 rings (SSSR count). The summed E-state index contributed by atoms with van der Waals surface area (Å²) in [7, 11) is -3.76. The monoisotopic (exact) mass is 300 g/mol. The van der Waals surface area contributed by atoms with Gasteiger partial charge in [-0.25, -0.2) is 13.2 Å². The first-order valence-electron chi connectivity index (χ1n) is 5.29. The minimum absolute atomic E-state index is 0.168. The molecular formula is C11H9ClN2O4S. The second kappa shape index (κ2) is 4.75. The van der Waals surface area contributed by atoms with E-state index in [0.717, 1.165) is 0 Å². The first kappa shape index (κ1) is 13.7. The molecule has 0 aliphatic heterocycles. The average Bonchev–Trinajstić information content (AvgIpc) is 2.37. The summed E-state index contributed by atoms with van der Waals surface area (Å²) >= 11 is 5.91. The number of fused-ring (bicyclic) bond motifs is 1. The number of carboxylic acids is 1. The van der Waals surface area contributed by atoms with Crippen LogP contribution in [0.5, 0.6) is 0 Å². The molecule has 2 aromatic rings. The summed E-state index contributed by atoms with van der Waals surface area (Å²) in [5.74, 6) is -1.68. The van der Waals surface area contributed by atoms with E-state index in [-0.39, 0.29) is 26.6 Å². The van der Waals surface area contributed by atoms with E-state index >= 15 is 0 Å². The topological polar surface area (TPSA) is 97.2 Å². The lowest BCUT2D eigenvalue weighted by Crippen LogP contribution is -2.14. The lowest BCUT2D eigenvalue weighted by molar-refractivity contribution is 0.0685. The molecule has 1 aromatic heterocycles. The Labute approximate surface area is 114 Å². The summed E-state index contributed by atoms with van der Waals surface area (Å²) < 4.78 is 24.2. The number of hydrogen-bond acceptors (Lipinski definition) is 5. The van der Waals surface area contributed by atoms with Crippen LogP contribution in [0.2, 0.25) is 5.02 Å². The zero-order chi connectivity index (χ0) is 14.2. The molecule has 0 unspecified atom stereocenters. The van der Waals surface area contributed by atoms with Gasteiger partial charge in [0, 0.05) is 5.39 Å². The molecule has 100 valence electrons. The SMILES string of the molecule is CCS(=O)(=O)c1c(C(=O)O)nnc2c(Cl)cccc12. The van der Waals surface area contributed by atoms with E-state index < -0.39 is 21.5 Å². The van der Waals surface area contributed by atoms with Crippen LogP contribution in [-0.4, -0.2) is 35.4 Å². The van der Waals surface area contributed by atoms with Gasteiger partial charge in [0.25, 0.3) is 0 Å². The summed E-state index contributed by atoms with van der Waals surface area (Å²) in [4.78, 5) is 10.8. The summed E-state index contributed by atoms with van der Waals surface area (Å²) in [5, 5.41) is 16.6. The van der Waals surface area contributed by atoms with Gasteiger partial charge in [-0.2, -0.15) is 0 Å². The van der Waals surface area contributed by atoms with Gasteiger partial charge in [-0.3, -0.25) is 0 Å². The standard InChI is InChI=1S/C11H9ClN2O4S/c1-2-19(17,18)10-6-4-3-5-7(12)8(6)13-14-9(10)11(15)16/h3-5H,2H2,1H3,(H,15,16). The van der Waals surface area contributed by atoms with Gasteiger partial charge in [-0.1, -0.05) is 30.7 Å². The van der Waals surface area contributed by atoms with Crippen molar-refractivity contribution >= 4 is 38.3 Å². The van der Waals surface area contributed by atoms with Gasteiger partial charge >= 0.3 is 5.97 Å². The Kier molecular flexibility index (Phi) is 3.42. The van der Waals surface area contributed by atoms with Crippen LogP contribution in [0.4, 0.5) is 0 Å². The van der Waals surface area contributed by atoms with Crippen LogP contribution in [0, 0.1) is 0 Å². The Balaban J connectivity index is 3.02.